The Morgan fingerprint density at radius 1 is 1.43 bits per heavy atom. The zero-order valence-corrected chi connectivity index (χ0v) is 5.02. The second-order valence-corrected chi connectivity index (χ2v) is 2.14. The molecule has 0 aromatic rings. The second-order valence-electron chi connectivity index (χ2n) is 2.14. The highest BCUT2D eigenvalue weighted by molar-refractivity contribution is 4.64. The van der Waals surface area contributed by atoms with Gasteiger partial charge in [-0.3, -0.25) is 0 Å². The summed E-state index contributed by atoms with van der Waals surface area (Å²) < 4.78 is 0. The van der Waals surface area contributed by atoms with Crippen molar-refractivity contribution in [2.24, 2.45) is 17.4 Å². The van der Waals surface area contributed by atoms with Crippen molar-refractivity contribution < 1.29 is 0 Å². The highest BCUT2D eigenvalue weighted by Gasteiger charge is 2.01. The van der Waals surface area contributed by atoms with Crippen LogP contribution in [0.25, 0.3) is 0 Å². The average molecular weight is 102 g/mol. The molecule has 7 heavy (non-hydrogen) atoms. The monoisotopic (exact) mass is 102 g/mol. The van der Waals surface area contributed by atoms with E-state index < -0.39 is 0 Å². The summed E-state index contributed by atoms with van der Waals surface area (Å²) in [6.45, 7) is 4.73. The lowest BCUT2D eigenvalue weighted by molar-refractivity contribution is 0.501. The maximum atomic E-state index is 5.49. The van der Waals surface area contributed by atoms with Crippen LogP contribution >= 0.6 is 0 Å². The summed E-state index contributed by atoms with van der Waals surface area (Å²) in [5.41, 5.74) is 10.7. The zero-order chi connectivity index (χ0) is 5.86. The predicted molar refractivity (Wildman–Crippen MR) is 31.9 cm³/mol. The Morgan fingerprint density at radius 3 is 1.86 bits per heavy atom. The van der Waals surface area contributed by atoms with Crippen molar-refractivity contribution in [1.29, 1.82) is 0 Å². The molecular formula is C5H14N2. The van der Waals surface area contributed by atoms with Crippen molar-refractivity contribution in [3.05, 3.63) is 0 Å². The van der Waals surface area contributed by atoms with Crippen LogP contribution in [0.5, 0.6) is 0 Å². The maximum Gasteiger partial charge on any atom is 0.0186 e. The molecule has 4 N–H and O–H groups in total. The molecule has 2 heteroatoms. The molecule has 2 nitrogen and oxygen atoms in total. The fraction of sp³-hybridized carbons (Fsp3) is 1.00. The van der Waals surface area contributed by atoms with Crippen LogP contribution in [0.3, 0.4) is 0 Å². The lowest BCUT2D eigenvalue weighted by atomic mass is 10.1. The summed E-state index contributed by atoms with van der Waals surface area (Å²) >= 11 is 0. The molecule has 0 rings (SSSR count). The van der Waals surface area contributed by atoms with Gasteiger partial charge in [-0.25, -0.2) is 0 Å². The normalized spacial score (nSPS) is 15.0. The molecule has 0 aliphatic heterocycles. The Bertz CT molecular complexity index is 43.3. The van der Waals surface area contributed by atoms with E-state index in [1.54, 1.807) is 0 Å². The molecule has 0 fully saturated rings. The van der Waals surface area contributed by atoms with Crippen LogP contribution in [0.15, 0.2) is 0 Å². The lowest BCUT2D eigenvalue weighted by Crippen LogP contribution is -2.34. The van der Waals surface area contributed by atoms with Crippen LogP contribution in [0.4, 0.5) is 0 Å². The summed E-state index contributed by atoms with van der Waals surface area (Å²) in [5, 5.41) is 0. The maximum absolute atomic E-state index is 5.49. The Hall–Kier alpha value is -0.0800. The van der Waals surface area contributed by atoms with Gasteiger partial charge < -0.3 is 11.5 Å². The second kappa shape index (κ2) is 2.99. The van der Waals surface area contributed by atoms with Gasteiger partial charge >= 0.3 is 0 Å². The van der Waals surface area contributed by atoms with E-state index in [1.165, 1.54) is 0 Å². The molecule has 0 radical (unpaired) electrons. The highest BCUT2D eigenvalue weighted by atomic mass is 14.7. The van der Waals surface area contributed by atoms with Crippen LogP contribution in [-0.4, -0.2) is 12.6 Å². The third-order valence-corrected chi connectivity index (χ3v) is 1.13. The van der Waals surface area contributed by atoms with Crippen molar-refractivity contribution in [3.8, 4) is 0 Å². The number of rotatable bonds is 2. The average Bonchev–Trinajstić information content (AvgIpc) is 1.65. The van der Waals surface area contributed by atoms with Gasteiger partial charge in [0, 0.05) is 12.6 Å². The zero-order valence-electron chi connectivity index (χ0n) is 5.02. The topological polar surface area (TPSA) is 52.0 Å². The first-order chi connectivity index (χ1) is 3.18. The van der Waals surface area contributed by atoms with Gasteiger partial charge in [-0.2, -0.15) is 0 Å². The summed E-state index contributed by atoms with van der Waals surface area (Å²) in [6.07, 6.45) is 0. The van der Waals surface area contributed by atoms with Crippen molar-refractivity contribution in [2.75, 3.05) is 6.54 Å². The Kier molecular flexibility index (Phi) is 2.96. The van der Waals surface area contributed by atoms with Crippen LogP contribution < -0.4 is 11.5 Å². The molecule has 0 spiro atoms. The quantitative estimate of drug-likeness (QED) is 0.512. The summed E-state index contributed by atoms with van der Waals surface area (Å²) in [4.78, 5) is 0. The Morgan fingerprint density at radius 2 is 1.86 bits per heavy atom. The molecule has 0 heterocycles. The van der Waals surface area contributed by atoms with Crippen molar-refractivity contribution >= 4 is 0 Å². The molecule has 44 valence electrons. The number of hydrogen-bond acceptors (Lipinski definition) is 2. The largest absolute Gasteiger partial charge is 0.329 e. The lowest BCUT2D eigenvalue weighted by Gasteiger charge is -2.10. The van der Waals surface area contributed by atoms with E-state index >= 15 is 0 Å². The van der Waals surface area contributed by atoms with Gasteiger partial charge in [-0.15, -0.1) is 0 Å². The molecule has 0 aromatic carbocycles. The highest BCUT2D eigenvalue weighted by Crippen LogP contribution is 1.93. The number of nitrogens with two attached hydrogens (primary N) is 2. The summed E-state index contributed by atoms with van der Waals surface area (Å²) in [5.74, 6) is 0.519. The van der Waals surface area contributed by atoms with E-state index in [9.17, 15) is 0 Å². The molecule has 1 atom stereocenters. The van der Waals surface area contributed by atoms with Gasteiger partial charge in [0.25, 0.3) is 0 Å². The van der Waals surface area contributed by atoms with Crippen molar-refractivity contribution in [1.82, 2.24) is 0 Å². The minimum Gasteiger partial charge on any atom is -0.329 e. The van der Waals surface area contributed by atoms with Gasteiger partial charge in [0.2, 0.25) is 0 Å². The van der Waals surface area contributed by atoms with Crippen LogP contribution in [0.2, 0.25) is 0 Å². The van der Waals surface area contributed by atoms with E-state index in [0.717, 1.165) is 0 Å². The van der Waals surface area contributed by atoms with E-state index in [-0.39, 0.29) is 6.04 Å². The van der Waals surface area contributed by atoms with Crippen LogP contribution in [0, 0.1) is 5.92 Å². The third kappa shape index (κ3) is 2.60. The molecule has 0 bridgehead atoms. The predicted octanol–water partition coefficient (Wildman–Crippen LogP) is -0.0716. The molecule has 0 aliphatic carbocycles. The molecule has 0 saturated carbocycles. The first-order valence-electron chi connectivity index (χ1n) is 2.64. The molecule has 1 unspecified atom stereocenters. The van der Waals surface area contributed by atoms with E-state index in [4.69, 9.17) is 11.5 Å². The minimum absolute atomic E-state index is 0.181. The fourth-order valence-corrected chi connectivity index (χ4v) is 0.272. The van der Waals surface area contributed by atoms with E-state index in [1.807, 2.05) is 0 Å². The standard InChI is InChI=1S/C5H14N2/c1-4(2)5(7)3-6/h4-5H,3,6-7H2,1-2H3. The molecule has 0 aliphatic rings. The SMILES string of the molecule is CC(C)C(N)CN. The first kappa shape index (κ1) is 6.92. The van der Waals surface area contributed by atoms with E-state index in [0.29, 0.717) is 12.5 Å². The number of hydrogen-bond donors (Lipinski definition) is 2. The smallest absolute Gasteiger partial charge is 0.0186 e. The van der Waals surface area contributed by atoms with Crippen molar-refractivity contribution in [3.63, 3.8) is 0 Å². The van der Waals surface area contributed by atoms with E-state index in [2.05, 4.69) is 13.8 Å². The first-order valence-corrected chi connectivity index (χ1v) is 2.64. The summed E-state index contributed by atoms with van der Waals surface area (Å²) in [6, 6.07) is 0.181. The minimum atomic E-state index is 0.181. The van der Waals surface area contributed by atoms with Crippen molar-refractivity contribution in [2.45, 2.75) is 19.9 Å². The fourth-order valence-electron chi connectivity index (χ4n) is 0.272. The van der Waals surface area contributed by atoms with Crippen LogP contribution in [-0.2, 0) is 0 Å². The van der Waals surface area contributed by atoms with Gasteiger partial charge in [0.15, 0.2) is 0 Å². The Balaban J connectivity index is 3.14. The molecule has 0 aromatic heterocycles. The molecule has 0 saturated heterocycles. The van der Waals surface area contributed by atoms with Gasteiger partial charge in [0.05, 0.1) is 0 Å². The van der Waals surface area contributed by atoms with Gasteiger partial charge in [-0.1, -0.05) is 13.8 Å². The molecule has 0 amide bonds. The van der Waals surface area contributed by atoms with Crippen LogP contribution in [0.1, 0.15) is 13.8 Å². The van der Waals surface area contributed by atoms with Gasteiger partial charge in [0.1, 0.15) is 0 Å². The van der Waals surface area contributed by atoms with Gasteiger partial charge in [-0.05, 0) is 5.92 Å². The Labute approximate surface area is 44.9 Å². The third-order valence-electron chi connectivity index (χ3n) is 1.13. The summed E-state index contributed by atoms with van der Waals surface area (Å²) in [7, 11) is 0. The molecular weight excluding hydrogens is 88.1 g/mol.